The first kappa shape index (κ1) is 24.4. The maximum absolute atomic E-state index is 13.1. The summed E-state index contributed by atoms with van der Waals surface area (Å²) in [6, 6.07) is 3.52. The van der Waals surface area contributed by atoms with Crippen LogP contribution in [0.4, 0.5) is 0 Å². The van der Waals surface area contributed by atoms with Crippen LogP contribution in [-0.4, -0.2) is 79.0 Å². The van der Waals surface area contributed by atoms with Crippen LogP contribution in [-0.2, 0) is 24.3 Å². The Morgan fingerprint density at radius 1 is 1.10 bits per heavy atom. The van der Waals surface area contributed by atoms with Crippen molar-refractivity contribution < 1.29 is 32.2 Å². The summed E-state index contributed by atoms with van der Waals surface area (Å²) in [5, 5.41) is 0. The maximum atomic E-state index is 13.1. The Balaban J connectivity index is 2.23. The van der Waals surface area contributed by atoms with Crippen LogP contribution in [0.25, 0.3) is 0 Å². The predicted octanol–water partition coefficient (Wildman–Crippen LogP) is 1.27. The second kappa shape index (κ2) is 11.5. The highest BCUT2D eigenvalue weighted by atomic mass is 32.2. The highest BCUT2D eigenvalue weighted by molar-refractivity contribution is 7.89. The molecule has 1 aromatic rings. The molecule has 0 aliphatic carbocycles. The molecule has 9 nitrogen and oxygen atoms in total. The lowest BCUT2D eigenvalue weighted by Crippen LogP contribution is -2.52. The van der Waals surface area contributed by atoms with E-state index < -0.39 is 16.1 Å². The van der Waals surface area contributed by atoms with Gasteiger partial charge in [0.15, 0.2) is 11.5 Å². The molecule has 2 rings (SSSR count). The van der Waals surface area contributed by atoms with Gasteiger partial charge in [-0.1, -0.05) is 13.8 Å². The molecule has 0 bridgehead atoms. The van der Waals surface area contributed by atoms with E-state index in [9.17, 15) is 13.2 Å². The van der Waals surface area contributed by atoms with Gasteiger partial charge in [0.2, 0.25) is 15.9 Å². The van der Waals surface area contributed by atoms with Gasteiger partial charge in [-0.15, -0.1) is 0 Å². The molecule has 170 valence electrons. The van der Waals surface area contributed by atoms with Crippen molar-refractivity contribution in [3.05, 3.63) is 18.2 Å². The highest BCUT2D eigenvalue weighted by Crippen LogP contribution is 2.32. The van der Waals surface area contributed by atoms with Crippen LogP contribution in [0.2, 0.25) is 0 Å². The largest absolute Gasteiger partial charge is 0.490 e. The monoisotopic (exact) mass is 444 g/mol. The predicted molar refractivity (Wildman–Crippen MR) is 111 cm³/mol. The van der Waals surface area contributed by atoms with E-state index in [0.717, 1.165) is 6.42 Å². The Morgan fingerprint density at radius 3 is 2.27 bits per heavy atom. The van der Waals surface area contributed by atoms with Crippen LogP contribution in [0.15, 0.2) is 23.1 Å². The SMILES string of the molecule is COCCN(CCOC)C(=O)C(NS(=O)(=O)c1ccc2c(c1)OCCCO2)C(C)C. The fourth-order valence-corrected chi connectivity index (χ4v) is 4.30. The van der Waals surface area contributed by atoms with Gasteiger partial charge in [-0.3, -0.25) is 4.79 Å². The number of carbonyl (C=O) groups excluding carboxylic acids is 1. The molecule has 0 saturated heterocycles. The quantitative estimate of drug-likeness (QED) is 0.548. The molecule has 30 heavy (non-hydrogen) atoms. The average molecular weight is 445 g/mol. The first-order chi connectivity index (χ1) is 14.3. The molecule has 0 fully saturated rings. The van der Waals surface area contributed by atoms with E-state index in [0.29, 0.717) is 51.0 Å². The summed E-state index contributed by atoms with van der Waals surface area (Å²) in [5.74, 6) is 0.301. The zero-order chi connectivity index (χ0) is 22.1. The van der Waals surface area contributed by atoms with E-state index in [1.165, 1.54) is 12.1 Å². The van der Waals surface area contributed by atoms with Gasteiger partial charge in [-0.2, -0.15) is 4.72 Å². The third kappa shape index (κ3) is 6.56. The molecule has 0 radical (unpaired) electrons. The minimum Gasteiger partial charge on any atom is -0.490 e. The lowest BCUT2D eigenvalue weighted by atomic mass is 10.0. The summed E-state index contributed by atoms with van der Waals surface area (Å²) in [7, 11) is -0.870. The summed E-state index contributed by atoms with van der Waals surface area (Å²) < 4.78 is 50.0. The number of nitrogens with one attached hydrogen (secondary N) is 1. The normalized spacial score (nSPS) is 15.0. The molecule has 1 atom stereocenters. The van der Waals surface area contributed by atoms with Crippen molar-refractivity contribution in [2.24, 2.45) is 5.92 Å². The number of carbonyl (C=O) groups is 1. The number of benzene rings is 1. The van der Waals surface area contributed by atoms with E-state index in [1.807, 2.05) is 0 Å². The molecule has 1 aliphatic heterocycles. The van der Waals surface area contributed by atoms with Gasteiger partial charge in [-0.05, 0) is 18.1 Å². The lowest BCUT2D eigenvalue weighted by molar-refractivity contribution is -0.135. The first-order valence-electron chi connectivity index (χ1n) is 9.98. The van der Waals surface area contributed by atoms with Gasteiger partial charge in [-0.25, -0.2) is 8.42 Å². The molecule has 10 heteroatoms. The number of hydrogen-bond donors (Lipinski definition) is 1. The fourth-order valence-electron chi connectivity index (χ4n) is 2.95. The smallest absolute Gasteiger partial charge is 0.241 e. The second-order valence-corrected chi connectivity index (χ2v) is 9.03. The van der Waals surface area contributed by atoms with Crippen molar-refractivity contribution in [1.82, 2.24) is 9.62 Å². The summed E-state index contributed by atoms with van der Waals surface area (Å²) in [6.07, 6.45) is 0.720. The molecule has 1 aliphatic rings. The zero-order valence-corrected chi connectivity index (χ0v) is 18.9. The van der Waals surface area contributed by atoms with E-state index in [2.05, 4.69) is 4.72 Å². The summed E-state index contributed by atoms with van der Waals surface area (Å²) >= 11 is 0. The van der Waals surface area contributed by atoms with Crippen molar-refractivity contribution in [2.75, 3.05) is 53.7 Å². The topological polar surface area (TPSA) is 103 Å². The van der Waals surface area contributed by atoms with Gasteiger partial charge in [0, 0.05) is 39.8 Å². The van der Waals surface area contributed by atoms with Crippen LogP contribution in [0.3, 0.4) is 0 Å². The van der Waals surface area contributed by atoms with Crippen molar-refractivity contribution in [2.45, 2.75) is 31.2 Å². The van der Waals surface area contributed by atoms with Gasteiger partial charge in [0.1, 0.15) is 6.04 Å². The average Bonchev–Trinajstić information content (AvgIpc) is 2.96. The van der Waals surface area contributed by atoms with E-state index in [4.69, 9.17) is 18.9 Å². The van der Waals surface area contributed by atoms with Gasteiger partial charge >= 0.3 is 0 Å². The van der Waals surface area contributed by atoms with Crippen LogP contribution in [0.1, 0.15) is 20.3 Å². The third-order valence-corrected chi connectivity index (χ3v) is 6.13. The Hall–Kier alpha value is -1.88. The second-order valence-electron chi connectivity index (χ2n) is 7.31. The Kier molecular flexibility index (Phi) is 9.35. The number of methoxy groups -OCH3 is 2. The molecule has 0 spiro atoms. The van der Waals surface area contributed by atoms with Crippen molar-refractivity contribution in [3.8, 4) is 11.5 Å². The molecule has 1 N–H and O–H groups in total. The number of fused-ring (bicyclic) bond motifs is 1. The number of rotatable bonds is 11. The maximum Gasteiger partial charge on any atom is 0.241 e. The minimum absolute atomic E-state index is 0.0190. The fraction of sp³-hybridized carbons (Fsp3) is 0.650. The van der Waals surface area contributed by atoms with Crippen LogP contribution in [0.5, 0.6) is 11.5 Å². The molecule has 1 unspecified atom stereocenters. The summed E-state index contributed by atoms with van der Waals surface area (Å²) in [5.41, 5.74) is 0. The van der Waals surface area contributed by atoms with E-state index in [-0.39, 0.29) is 16.7 Å². The first-order valence-corrected chi connectivity index (χ1v) is 11.5. The van der Waals surface area contributed by atoms with Gasteiger partial charge in [0.05, 0.1) is 31.3 Å². The van der Waals surface area contributed by atoms with Crippen LogP contribution >= 0.6 is 0 Å². The van der Waals surface area contributed by atoms with Crippen LogP contribution in [0, 0.1) is 5.92 Å². The highest BCUT2D eigenvalue weighted by Gasteiger charge is 2.32. The Bertz CT molecular complexity index is 790. The lowest BCUT2D eigenvalue weighted by Gasteiger charge is -2.29. The number of ether oxygens (including phenoxy) is 4. The molecule has 0 aromatic heterocycles. The molecule has 1 amide bonds. The number of amides is 1. The zero-order valence-electron chi connectivity index (χ0n) is 18.0. The summed E-state index contributed by atoms with van der Waals surface area (Å²) in [4.78, 5) is 14.7. The van der Waals surface area contributed by atoms with Crippen LogP contribution < -0.4 is 14.2 Å². The molecule has 1 heterocycles. The third-order valence-electron chi connectivity index (χ3n) is 4.69. The van der Waals surface area contributed by atoms with E-state index >= 15 is 0 Å². The van der Waals surface area contributed by atoms with Gasteiger partial charge in [0.25, 0.3) is 0 Å². The Labute approximate surface area is 178 Å². The number of hydrogen-bond acceptors (Lipinski definition) is 7. The minimum atomic E-state index is -3.97. The Morgan fingerprint density at radius 2 is 1.70 bits per heavy atom. The molecule has 1 aromatic carbocycles. The van der Waals surface area contributed by atoms with Crippen molar-refractivity contribution >= 4 is 15.9 Å². The summed E-state index contributed by atoms with van der Waals surface area (Å²) in [6.45, 7) is 5.92. The van der Waals surface area contributed by atoms with Gasteiger partial charge < -0.3 is 23.8 Å². The molecular formula is C20H32N2O7S. The van der Waals surface area contributed by atoms with E-state index in [1.54, 1.807) is 39.0 Å². The van der Waals surface area contributed by atoms with Crippen molar-refractivity contribution in [1.29, 1.82) is 0 Å². The number of nitrogens with zero attached hydrogens (tertiary/aromatic N) is 1. The standard InChI is InChI=1S/C20H32N2O7S/c1-15(2)19(20(23)22(8-12-26-3)9-13-27-4)21-30(24,25)16-6-7-17-18(14-16)29-11-5-10-28-17/h6-7,14-15,19,21H,5,8-13H2,1-4H3. The molecular weight excluding hydrogens is 412 g/mol. The van der Waals surface area contributed by atoms with Crippen molar-refractivity contribution in [3.63, 3.8) is 0 Å². The number of sulfonamides is 1. The molecule has 0 saturated carbocycles.